The number of rotatable bonds is 5. The highest BCUT2D eigenvalue weighted by atomic mass is 35.5. The van der Waals surface area contributed by atoms with Crippen molar-refractivity contribution in [1.82, 2.24) is 5.32 Å². The van der Waals surface area contributed by atoms with Crippen LogP contribution in [-0.4, -0.2) is 5.91 Å². The van der Waals surface area contributed by atoms with E-state index in [4.69, 9.17) is 16.9 Å². The second kappa shape index (κ2) is 8.02. The van der Waals surface area contributed by atoms with Gasteiger partial charge in [0.1, 0.15) is 11.6 Å². The molecule has 0 atom stereocenters. The first-order valence-corrected chi connectivity index (χ1v) is 7.43. The minimum atomic E-state index is -0.450. The number of nitriles is 1. The number of carbonyl (C=O) groups excluding carboxylic acids is 1. The van der Waals surface area contributed by atoms with Crippen molar-refractivity contribution in [2.45, 2.75) is 13.5 Å². The average molecular weight is 326 g/mol. The molecule has 2 aromatic rings. The molecule has 0 unspecified atom stereocenters. The first-order valence-electron chi connectivity index (χ1n) is 7.06. The average Bonchev–Trinajstić information content (AvgIpc) is 2.56. The molecule has 5 heteroatoms. The van der Waals surface area contributed by atoms with E-state index >= 15 is 0 Å². The predicted octanol–water partition coefficient (Wildman–Crippen LogP) is 3.78. The lowest BCUT2D eigenvalue weighted by molar-refractivity contribution is -0.117. The first-order chi connectivity index (χ1) is 11.1. The molecule has 2 N–H and O–H groups in total. The van der Waals surface area contributed by atoms with Crippen LogP contribution in [0, 0.1) is 18.3 Å². The maximum Gasteiger partial charge on any atom is 0.263 e. The third kappa shape index (κ3) is 4.60. The number of amides is 1. The number of aryl methyl sites for hydroxylation is 1. The summed E-state index contributed by atoms with van der Waals surface area (Å²) in [4.78, 5) is 12.1. The van der Waals surface area contributed by atoms with Gasteiger partial charge in [-0.15, -0.1) is 0 Å². The standard InChI is InChI=1S/C18H16ClN3O/c1-13-6-2-5-9-17(13)21-12-15(10-20)18(23)22-11-14-7-3-4-8-16(14)19/h2-9,12,21H,11H2,1H3,(H,22,23)/b15-12-. The molecule has 0 fully saturated rings. The van der Waals surface area contributed by atoms with E-state index in [2.05, 4.69) is 10.6 Å². The normalized spacial score (nSPS) is 10.7. The molecule has 0 saturated carbocycles. The van der Waals surface area contributed by atoms with Gasteiger partial charge in [0.25, 0.3) is 5.91 Å². The Kier molecular flexibility index (Phi) is 5.79. The van der Waals surface area contributed by atoms with Crippen LogP contribution >= 0.6 is 11.6 Å². The zero-order chi connectivity index (χ0) is 16.7. The van der Waals surface area contributed by atoms with Crippen LogP contribution in [0.5, 0.6) is 0 Å². The number of hydrogen-bond donors (Lipinski definition) is 2. The van der Waals surface area contributed by atoms with Crippen LogP contribution in [-0.2, 0) is 11.3 Å². The summed E-state index contributed by atoms with van der Waals surface area (Å²) in [6.45, 7) is 2.21. The van der Waals surface area contributed by atoms with Crippen molar-refractivity contribution in [3.63, 3.8) is 0 Å². The summed E-state index contributed by atoms with van der Waals surface area (Å²) in [5, 5.41) is 15.4. The fraction of sp³-hybridized carbons (Fsp3) is 0.111. The molecule has 0 aliphatic carbocycles. The third-order valence-electron chi connectivity index (χ3n) is 3.28. The molecule has 2 rings (SSSR count). The molecule has 0 aromatic heterocycles. The van der Waals surface area contributed by atoms with Gasteiger partial charge in [-0.25, -0.2) is 0 Å². The topological polar surface area (TPSA) is 64.9 Å². The lowest BCUT2D eigenvalue weighted by Crippen LogP contribution is -2.24. The summed E-state index contributed by atoms with van der Waals surface area (Å²) < 4.78 is 0. The minimum Gasteiger partial charge on any atom is -0.360 e. The van der Waals surface area contributed by atoms with E-state index in [1.807, 2.05) is 55.5 Å². The Labute approximate surface area is 140 Å². The van der Waals surface area contributed by atoms with Gasteiger partial charge >= 0.3 is 0 Å². The highest BCUT2D eigenvalue weighted by Gasteiger charge is 2.09. The van der Waals surface area contributed by atoms with Crippen molar-refractivity contribution >= 4 is 23.2 Å². The van der Waals surface area contributed by atoms with Gasteiger partial charge in [-0.3, -0.25) is 4.79 Å². The van der Waals surface area contributed by atoms with Crippen LogP contribution < -0.4 is 10.6 Å². The quantitative estimate of drug-likeness (QED) is 0.649. The van der Waals surface area contributed by atoms with Crippen LogP contribution in [0.4, 0.5) is 5.69 Å². The number of anilines is 1. The molecular weight excluding hydrogens is 310 g/mol. The molecule has 116 valence electrons. The fourth-order valence-electron chi connectivity index (χ4n) is 1.95. The lowest BCUT2D eigenvalue weighted by Gasteiger charge is -2.08. The van der Waals surface area contributed by atoms with Crippen molar-refractivity contribution < 1.29 is 4.79 Å². The minimum absolute atomic E-state index is 0.000284. The lowest BCUT2D eigenvalue weighted by atomic mass is 10.2. The Morgan fingerprint density at radius 1 is 1.22 bits per heavy atom. The Balaban J connectivity index is 2.01. The second-order valence-corrected chi connectivity index (χ2v) is 5.31. The zero-order valence-electron chi connectivity index (χ0n) is 12.6. The van der Waals surface area contributed by atoms with E-state index in [0.717, 1.165) is 16.8 Å². The van der Waals surface area contributed by atoms with E-state index in [0.29, 0.717) is 5.02 Å². The van der Waals surface area contributed by atoms with E-state index < -0.39 is 5.91 Å². The number of halogens is 1. The number of hydrogen-bond acceptors (Lipinski definition) is 3. The number of para-hydroxylation sites is 1. The second-order valence-electron chi connectivity index (χ2n) is 4.90. The summed E-state index contributed by atoms with van der Waals surface area (Å²) in [6.07, 6.45) is 1.41. The molecule has 0 aliphatic heterocycles. The molecule has 2 aromatic carbocycles. The van der Waals surface area contributed by atoms with Crippen LogP contribution in [0.2, 0.25) is 5.02 Å². The predicted molar refractivity (Wildman–Crippen MR) is 91.8 cm³/mol. The van der Waals surface area contributed by atoms with E-state index in [9.17, 15) is 4.79 Å². The summed E-state index contributed by atoms with van der Waals surface area (Å²) in [6, 6.07) is 16.8. The molecule has 0 aliphatic rings. The Hall–Kier alpha value is -2.77. The summed E-state index contributed by atoms with van der Waals surface area (Å²) in [7, 11) is 0. The highest BCUT2D eigenvalue weighted by molar-refractivity contribution is 6.31. The monoisotopic (exact) mass is 325 g/mol. The summed E-state index contributed by atoms with van der Waals surface area (Å²) >= 11 is 6.04. The molecule has 23 heavy (non-hydrogen) atoms. The van der Waals surface area contributed by atoms with Crippen molar-refractivity contribution in [3.05, 3.63) is 76.5 Å². The van der Waals surface area contributed by atoms with Gasteiger partial charge in [0, 0.05) is 23.5 Å². The van der Waals surface area contributed by atoms with Gasteiger partial charge in [-0.05, 0) is 30.2 Å². The van der Waals surface area contributed by atoms with Gasteiger partial charge in [0.2, 0.25) is 0 Å². The number of benzene rings is 2. The Morgan fingerprint density at radius 3 is 2.61 bits per heavy atom. The maximum atomic E-state index is 12.1. The molecular formula is C18H16ClN3O. The number of nitrogens with zero attached hydrogens (tertiary/aromatic N) is 1. The van der Waals surface area contributed by atoms with Crippen LogP contribution in [0.3, 0.4) is 0 Å². The van der Waals surface area contributed by atoms with Crippen molar-refractivity contribution in [2.75, 3.05) is 5.32 Å². The van der Waals surface area contributed by atoms with Crippen LogP contribution in [0.1, 0.15) is 11.1 Å². The highest BCUT2D eigenvalue weighted by Crippen LogP contribution is 2.15. The molecule has 0 bridgehead atoms. The first kappa shape index (κ1) is 16.6. The van der Waals surface area contributed by atoms with Gasteiger partial charge in [-0.2, -0.15) is 5.26 Å². The van der Waals surface area contributed by atoms with Crippen molar-refractivity contribution in [3.8, 4) is 6.07 Å². The van der Waals surface area contributed by atoms with Gasteiger partial charge < -0.3 is 10.6 Å². The van der Waals surface area contributed by atoms with Crippen molar-refractivity contribution in [1.29, 1.82) is 5.26 Å². The number of nitrogens with one attached hydrogen (secondary N) is 2. The van der Waals surface area contributed by atoms with Gasteiger partial charge in [-0.1, -0.05) is 48.0 Å². The molecule has 0 heterocycles. The molecule has 0 radical (unpaired) electrons. The Morgan fingerprint density at radius 2 is 1.91 bits per heavy atom. The van der Waals surface area contributed by atoms with Crippen LogP contribution in [0.25, 0.3) is 0 Å². The van der Waals surface area contributed by atoms with Crippen molar-refractivity contribution in [2.24, 2.45) is 0 Å². The molecule has 0 saturated heterocycles. The smallest absolute Gasteiger partial charge is 0.263 e. The third-order valence-corrected chi connectivity index (χ3v) is 3.65. The SMILES string of the molecule is Cc1ccccc1N/C=C(/C#N)C(=O)NCc1ccccc1Cl. The van der Waals surface area contributed by atoms with Gasteiger partial charge in [0.05, 0.1) is 0 Å². The zero-order valence-corrected chi connectivity index (χ0v) is 13.4. The van der Waals surface area contributed by atoms with Crippen LogP contribution in [0.15, 0.2) is 60.3 Å². The summed E-state index contributed by atoms with van der Waals surface area (Å²) in [5.74, 6) is -0.450. The number of carbonyl (C=O) groups is 1. The molecule has 4 nitrogen and oxygen atoms in total. The Bertz CT molecular complexity index is 778. The largest absolute Gasteiger partial charge is 0.360 e. The van der Waals surface area contributed by atoms with E-state index in [1.165, 1.54) is 6.20 Å². The fourth-order valence-corrected chi connectivity index (χ4v) is 2.15. The summed E-state index contributed by atoms with van der Waals surface area (Å²) in [5.41, 5.74) is 2.67. The molecule has 1 amide bonds. The van der Waals surface area contributed by atoms with E-state index in [1.54, 1.807) is 6.07 Å². The van der Waals surface area contributed by atoms with E-state index in [-0.39, 0.29) is 12.1 Å². The maximum absolute atomic E-state index is 12.1. The van der Waals surface area contributed by atoms with Gasteiger partial charge in [0.15, 0.2) is 0 Å². The molecule has 0 spiro atoms.